The standard InChI is InChI=1S/C19H22N6OS/c20-27-16-9-15(11-21-12-16)14-1-2-17-18(10-14)23-19(13-22-17)25-5-3-24(4-6-25)7-8-26/h1-2,9-13,26H,3-8,20H2. The first-order valence-corrected chi connectivity index (χ1v) is 9.82. The predicted octanol–water partition coefficient (Wildman–Crippen LogP) is 1.77. The highest BCUT2D eigenvalue weighted by Gasteiger charge is 2.18. The molecule has 2 aromatic heterocycles. The number of benzene rings is 1. The highest BCUT2D eigenvalue weighted by atomic mass is 32.2. The highest BCUT2D eigenvalue weighted by Crippen LogP contribution is 2.26. The Morgan fingerprint density at radius 3 is 2.63 bits per heavy atom. The van der Waals surface area contributed by atoms with E-state index in [9.17, 15) is 0 Å². The maximum Gasteiger partial charge on any atom is 0.147 e. The number of β-amino-alcohol motifs (C(OH)–C–C–N with tert-alkyl or cyclic N) is 1. The largest absolute Gasteiger partial charge is 0.395 e. The number of piperazine rings is 1. The molecule has 3 aromatic rings. The van der Waals surface area contributed by atoms with Crippen LogP contribution < -0.4 is 10.0 Å². The summed E-state index contributed by atoms with van der Waals surface area (Å²) in [7, 11) is 0. The van der Waals surface area contributed by atoms with Gasteiger partial charge in [-0.25, -0.2) is 4.98 Å². The molecule has 0 aliphatic carbocycles. The lowest BCUT2D eigenvalue weighted by molar-refractivity contribution is 0.188. The van der Waals surface area contributed by atoms with E-state index in [4.69, 9.17) is 15.2 Å². The summed E-state index contributed by atoms with van der Waals surface area (Å²) < 4.78 is 0. The monoisotopic (exact) mass is 382 g/mol. The van der Waals surface area contributed by atoms with Gasteiger partial charge in [0, 0.05) is 55.6 Å². The molecule has 7 nitrogen and oxygen atoms in total. The zero-order chi connectivity index (χ0) is 18.6. The highest BCUT2D eigenvalue weighted by molar-refractivity contribution is 7.97. The minimum Gasteiger partial charge on any atom is -0.395 e. The average Bonchev–Trinajstić information content (AvgIpc) is 2.74. The number of aliphatic hydroxyl groups excluding tert-OH is 1. The third-order valence-corrected chi connectivity index (χ3v) is 5.32. The van der Waals surface area contributed by atoms with Crippen molar-refractivity contribution in [3.63, 3.8) is 0 Å². The lowest BCUT2D eigenvalue weighted by atomic mass is 10.1. The van der Waals surface area contributed by atoms with Crippen LogP contribution in [0.3, 0.4) is 0 Å². The SMILES string of the molecule is NSc1cncc(-c2ccc3ncc(N4CCN(CCO)CC4)nc3c2)c1. The quantitative estimate of drug-likeness (QED) is 0.645. The number of hydrogen-bond acceptors (Lipinski definition) is 8. The Morgan fingerprint density at radius 1 is 1.00 bits per heavy atom. The van der Waals surface area contributed by atoms with Gasteiger partial charge in [-0.05, 0) is 35.7 Å². The van der Waals surface area contributed by atoms with Crippen molar-refractivity contribution in [2.75, 3.05) is 44.2 Å². The van der Waals surface area contributed by atoms with Crippen LogP contribution in [0.1, 0.15) is 0 Å². The minimum atomic E-state index is 0.206. The van der Waals surface area contributed by atoms with Gasteiger partial charge in [-0.15, -0.1) is 0 Å². The molecule has 1 aliphatic rings. The van der Waals surface area contributed by atoms with Crippen molar-refractivity contribution >= 4 is 28.8 Å². The molecule has 1 aromatic carbocycles. The zero-order valence-electron chi connectivity index (χ0n) is 15.0. The zero-order valence-corrected chi connectivity index (χ0v) is 15.8. The fraction of sp³-hybridized carbons (Fsp3) is 0.316. The lowest BCUT2D eigenvalue weighted by Gasteiger charge is -2.34. The summed E-state index contributed by atoms with van der Waals surface area (Å²) in [4.78, 5) is 19.1. The molecular formula is C19H22N6OS. The van der Waals surface area contributed by atoms with E-state index < -0.39 is 0 Å². The predicted molar refractivity (Wildman–Crippen MR) is 109 cm³/mol. The first kappa shape index (κ1) is 18.1. The van der Waals surface area contributed by atoms with E-state index in [0.717, 1.165) is 65.6 Å². The van der Waals surface area contributed by atoms with Crippen LogP contribution in [0.4, 0.5) is 5.82 Å². The molecule has 1 aliphatic heterocycles. The van der Waals surface area contributed by atoms with E-state index >= 15 is 0 Å². The van der Waals surface area contributed by atoms with Crippen molar-refractivity contribution in [1.29, 1.82) is 0 Å². The summed E-state index contributed by atoms with van der Waals surface area (Å²) in [5.74, 6) is 0.896. The van der Waals surface area contributed by atoms with Crippen LogP contribution in [0.25, 0.3) is 22.2 Å². The van der Waals surface area contributed by atoms with E-state index in [1.54, 1.807) is 6.20 Å². The van der Waals surface area contributed by atoms with Gasteiger partial charge in [0.25, 0.3) is 0 Å². The number of pyridine rings is 1. The van der Waals surface area contributed by atoms with Crippen molar-refractivity contribution in [3.8, 4) is 11.1 Å². The van der Waals surface area contributed by atoms with Gasteiger partial charge in [-0.1, -0.05) is 6.07 Å². The van der Waals surface area contributed by atoms with Gasteiger partial charge in [0.05, 0.1) is 23.8 Å². The summed E-state index contributed by atoms with van der Waals surface area (Å²) >= 11 is 1.19. The maximum absolute atomic E-state index is 9.08. The first-order valence-electron chi connectivity index (χ1n) is 8.94. The Morgan fingerprint density at radius 2 is 1.85 bits per heavy atom. The fourth-order valence-corrected chi connectivity index (χ4v) is 3.63. The van der Waals surface area contributed by atoms with E-state index in [0.29, 0.717) is 0 Å². The second-order valence-corrected chi connectivity index (χ2v) is 7.22. The van der Waals surface area contributed by atoms with Crippen LogP contribution in [0.15, 0.2) is 47.8 Å². The van der Waals surface area contributed by atoms with Gasteiger partial charge in [0.2, 0.25) is 0 Å². The Bertz CT molecular complexity index is 929. The van der Waals surface area contributed by atoms with Crippen molar-refractivity contribution in [1.82, 2.24) is 19.9 Å². The maximum atomic E-state index is 9.08. The summed E-state index contributed by atoms with van der Waals surface area (Å²) in [5, 5.41) is 14.7. The van der Waals surface area contributed by atoms with Crippen LogP contribution in [-0.2, 0) is 0 Å². The Hall–Kier alpha value is -2.26. The number of nitrogens with zero attached hydrogens (tertiary/aromatic N) is 5. The summed E-state index contributed by atoms with van der Waals surface area (Å²) in [6, 6.07) is 8.10. The van der Waals surface area contributed by atoms with E-state index in [2.05, 4.69) is 25.8 Å². The van der Waals surface area contributed by atoms with Gasteiger partial charge in [-0.2, -0.15) is 0 Å². The van der Waals surface area contributed by atoms with Gasteiger partial charge >= 0.3 is 0 Å². The molecule has 0 spiro atoms. The molecule has 3 heterocycles. The molecule has 140 valence electrons. The minimum absolute atomic E-state index is 0.206. The molecule has 4 rings (SSSR count). The molecule has 0 radical (unpaired) electrons. The lowest BCUT2D eigenvalue weighted by Crippen LogP contribution is -2.47. The van der Waals surface area contributed by atoms with Crippen molar-refractivity contribution < 1.29 is 5.11 Å². The molecule has 1 fully saturated rings. The molecule has 0 saturated carbocycles. The first-order chi connectivity index (χ1) is 13.3. The van der Waals surface area contributed by atoms with E-state index in [-0.39, 0.29) is 6.61 Å². The van der Waals surface area contributed by atoms with Gasteiger partial charge in [0.15, 0.2) is 0 Å². The molecular weight excluding hydrogens is 360 g/mol. The topological polar surface area (TPSA) is 91.4 Å². The van der Waals surface area contributed by atoms with Crippen molar-refractivity contribution in [3.05, 3.63) is 42.9 Å². The van der Waals surface area contributed by atoms with Crippen LogP contribution in [0, 0.1) is 0 Å². The smallest absolute Gasteiger partial charge is 0.147 e. The second-order valence-electron chi connectivity index (χ2n) is 6.51. The van der Waals surface area contributed by atoms with E-state index in [1.807, 2.05) is 30.6 Å². The van der Waals surface area contributed by atoms with Gasteiger partial charge < -0.3 is 10.0 Å². The van der Waals surface area contributed by atoms with Crippen LogP contribution in [-0.4, -0.2) is 64.3 Å². The van der Waals surface area contributed by atoms with Gasteiger partial charge in [0.1, 0.15) is 5.82 Å². The number of fused-ring (bicyclic) bond motifs is 1. The molecule has 1 saturated heterocycles. The number of anilines is 1. The molecule has 8 heteroatoms. The molecule has 0 bridgehead atoms. The summed E-state index contributed by atoms with van der Waals surface area (Å²) in [6.45, 7) is 4.57. The Balaban J connectivity index is 1.60. The number of hydrogen-bond donors (Lipinski definition) is 2. The summed E-state index contributed by atoms with van der Waals surface area (Å²) in [6.07, 6.45) is 5.43. The van der Waals surface area contributed by atoms with Crippen molar-refractivity contribution in [2.45, 2.75) is 4.90 Å². The van der Waals surface area contributed by atoms with E-state index in [1.165, 1.54) is 11.9 Å². The molecule has 0 atom stereocenters. The Kier molecular flexibility index (Phi) is 5.49. The number of nitrogens with two attached hydrogens (primary N) is 1. The third-order valence-electron chi connectivity index (χ3n) is 4.82. The Labute approximate surface area is 162 Å². The fourth-order valence-electron chi connectivity index (χ4n) is 3.32. The van der Waals surface area contributed by atoms with Gasteiger partial charge in [-0.3, -0.25) is 20.0 Å². The molecule has 27 heavy (non-hydrogen) atoms. The van der Waals surface area contributed by atoms with Crippen LogP contribution in [0.2, 0.25) is 0 Å². The molecule has 0 amide bonds. The number of aromatic nitrogens is 3. The average molecular weight is 382 g/mol. The second kappa shape index (κ2) is 8.18. The van der Waals surface area contributed by atoms with Crippen molar-refractivity contribution in [2.24, 2.45) is 5.14 Å². The molecule has 3 N–H and O–H groups in total. The van der Waals surface area contributed by atoms with Crippen LogP contribution in [0.5, 0.6) is 0 Å². The third kappa shape index (κ3) is 4.03. The number of rotatable bonds is 5. The normalized spacial score (nSPS) is 15.4. The molecule has 0 unspecified atom stereocenters. The summed E-state index contributed by atoms with van der Waals surface area (Å²) in [5.41, 5.74) is 3.80. The van der Waals surface area contributed by atoms with Crippen LogP contribution >= 0.6 is 11.9 Å². The number of aliphatic hydroxyl groups is 1.